The van der Waals surface area contributed by atoms with Crippen LogP contribution >= 0.6 is 11.8 Å². The van der Waals surface area contributed by atoms with Crippen LogP contribution in [0.2, 0.25) is 0 Å². The average molecular weight is 402 g/mol. The number of ether oxygens (including phenoxy) is 1. The van der Waals surface area contributed by atoms with Crippen molar-refractivity contribution in [1.82, 2.24) is 20.0 Å². The molecule has 0 radical (unpaired) electrons. The summed E-state index contributed by atoms with van der Waals surface area (Å²) in [6.45, 7) is 5.20. The number of methoxy groups -OCH3 is 1. The van der Waals surface area contributed by atoms with Crippen molar-refractivity contribution in [2.24, 2.45) is 18.0 Å². The highest BCUT2D eigenvalue weighted by molar-refractivity contribution is 7.99. The minimum Gasteiger partial charge on any atom is -0.496 e. The summed E-state index contributed by atoms with van der Waals surface area (Å²) in [4.78, 5) is 8.06. The monoisotopic (exact) mass is 401 g/mol. The minimum absolute atomic E-state index is 0.517. The molecule has 2 heterocycles. The fourth-order valence-electron chi connectivity index (χ4n) is 3.50. The number of hydrogen-bond acceptors (Lipinski definition) is 4. The molecule has 1 N–H and O–H groups in total. The molecule has 1 aliphatic heterocycles. The number of aromatic nitrogens is 2. The van der Waals surface area contributed by atoms with Gasteiger partial charge in [-0.05, 0) is 30.0 Å². The Labute approximate surface area is 172 Å². The minimum atomic E-state index is 0.517. The van der Waals surface area contributed by atoms with Gasteiger partial charge in [0.1, 0.15) is 5.75 Å². The molecule has 1 saturated heterocycles. The molecule has 1 fully saturated rings. The Hall–Kier alpha value is -2.15. The van der Waals surface area contributed by atoms with E-state index in [4.69, 9.17) is 4.74 Å². The third-order valence-corrected chi connectivity index (χ3v) is 6.48. The number of nitrogens with one attached hydrogen (secondary N) is 1. The molecule has 3 rings (SSSR count). The highest BCUT2D eigenvalue weighted by Crippen LogP contribution is 2.30. The molecule has 0 spiro atoms. The molecule has 28 heavy (non-hydrogen) atoms. The fourth-order valence-corrected chi connectivity index (χ4v) is 4.55. The Morgan fingerprint density at radius 3 is 2.96 bits per heavy atom. The molecule has 1 aromatic heterocycles. The van der Waals surface area contributed by atoms with E-state index in [1.807, 2.05) is 48.9 Å². The summed E-state index contributed by atoms with van der Waals surface area (Å²) in [5.74, 6) is 4.03. The summed E-state index contributed by atoms with van der Waals surface area (Å²) in [6, 6.07) is 8.19. The van der Waals surface area contributed by atoms with Gasteiger partial charge in [-0.3, -0.25) is 9.67 Å². The third-order valence-electron chi connectivity index (χ3n) is 5.10. The van der Waals surface area contributed by atoms with Gasteiger partial charge in [0.05, 0.1) is 13.3 Å². The fraction of sp³-hybridized carbons (Fsp3) is 0.524. The lowest BCUT2D eigenvalue weighted by atomic mass is 10.0. The summed E-state index contributed by atoms with van der Waals surface area (Å²) in [7, 11) is 5.57. The van der Waals surface area contributed by atoms with Crippen LogP contribution in [0.3, 0.4) is 0 Å². The number of benzene rings is 1. The highest BCUT2D eigenvalue weighted by atomic mass is 32.2. The number of hydrogen-bond donors (Lipinski definition) is 1. The van der Waals surface area contributed by atoms with Crippen LogP contribution in [0, 0.1) is 5.92 Å². The number of aryl methyl sites for hydroxylation is 1. The van der Waals surface area contributed by atoms with Crippen LogP contribution in [0.25, 0.3) is 0 Å². The van der Waals surface area contributed by atoms with Crippen molar-refractivity contribution < 1.29 is 4.74 Å². The van der Waals surface area contributed by atoms with Gasteiger partial charge in [0.2, 0.25) is 0 Å². The van der Waals surface area contributed by atoms with E-state index in [1.165, 1.54) is 10.5 Å². The normalized spacial score (nSPS) is 18.4. The zero-order valence-electron chi connectivity index (χ0n) is 17.3. The quantitative estimate of drug-likeness (QED) is 0.439. The Bertz CT molecular complexity index is 791. The highest BCUT2D eigenvalue weighted by Gasteiger charge is 2.27. The number of para-hydroxylation sites is 1. The van der Waals surface area contributed by atoms with Crippen molar-refractivity contribution in [1.29, 1.82) is 0 Å². The summed E-state index contributed by atoms with van der Waals surface area (Å²) >= 11 is 1.84. The Morgan fingerprint density at radius 1 is 1.43 bits per heavy atom. The van der Waals surface area contributed by atoms with Gasteiger partial charge >= 0.3 is 0 Å². The summed E-state index contributed by atoms with van der Waals surface area (Å²) in [6.07, 6.45) is 5.26. The predicted molar refractivity (Wildman–Crippen MR) is 116 cm³/mol. The van der Waals surface area contributed by atoms with Crippen LogP contribution in [0.5, 0.6) is 5.75 Å². The topological polar surface area (TPSA) is 54.7 Å². The molecule has 0 amide bonds. The molecular formula is C21H31N5OS. The molecule has 2 atom stereocenters. The van der Waals surface area contributed by atoms with Crippen molar-refractivity contribution in [2.45, 2.75) is 24.2 Å². The second kappa shape index (κ2) is 9.87. The van der Waals surface area contributed by atoms with Crippen LogP contribution in [-0.2, 0) is 7.05 Å². The first-order chi connectivity index (χ1) is 13.6. The standard InChI is InChI=1S/C21H31N5OS/c1-16(15-28-20-8-6-5-7-19(20)27-4)11-23-21(22-2)26-10-9-17(14-26)18-12-24-25(3)13-18/h5-8,12-13,16-17H,9-11,14-15H2,1-4H3,(H,22,23). The summed E-state index contributed by atoms with van der Waals surface area (Å²) < 4.78 is 7.32. The van der Waals surface area contributed by atoms with Crippen molar-refractivity contribution >= 4 is 17.7 Å². The molecular weight excluding hydrogens is 370 g/mol. The smallest absolute Gasteiger partial charge is 0.193 e. The van der Waals surface area contributed by atoms with E-state index in [-0.39, 0.29) is 0 Å². The van der Waals surface area contributed by atoms with Gasteiger partial charge in [-0.2, -0.15) is 5.10 Å². The average Bonchev–Trinajstić information content (AvgIpc) is 3.36. The predicted octanol–water partition coefficient (Wildman–Crippen LogP) is 3.22. The largest absolute Gasteiger partial charge is 0.496 e. The molecule has 1 aromatic carbocycles. The first kappa shape index (κ1) is 20.6. The molecule has 6 nitrogen and oxygen atoms in total. The van der Waals surface area contributed by atoms with Crippen LogP contribution in [-0.4, -0.2) is 60.2 Å². The maximum Gasteiger partial charge on any atom is 0.193 e. The molecule has 0 saturated carbocycles. The number of guanidine groups is 1. The van der Waals surface area contributed by atoms with E-state index in [2.05, 4.69) is 45.6 Å². The van der Waals surface area contributed by atoms with Crippen molar-refractivity contribution in [2.75, 3.05) is 39.5 Å². The zero-order chi connectivity index (χ0) is 19.9. The second-order valence-corrected chi connectivity index (χ2v) is 8.44. The van der Waals surface area contributed by atoms with Crippen LogP contribution in [0.1, 0.15) is 24.8 Å². The Balaban J connectivity index is 1.46. The maximum atomic E-state index is 5.44. The van der Waals surface area contributed by atoms with Gasteiger partial charge in [-0.15, -0.1) is 11.8 Å². The van der Waals surface area contributed by atoms with Crippen LogP contribution in [0.4, 0.5) is 0 Å². The van der Waals surface area contributed by atoms with Gasteiger partial charge in [-0.25, -0.2) is 0 Å². The molecule has 1 aliphatic rings. The van der Waals surface area contributed by atoms with E-state index in [0.29, 0.717) is 11.8 Å². The molecule has 2 aromatic rings. The van der Waals surface area contributed by atoms with Crippen molar-refractivity contribution in [3.8, 4) is 5.75 Å². The first-order valence-electron chi connectivity index (χ1n) is 9.80. The first-order valence-corrected chi connectivity index (χ1v) is 10.8. The third kappa shape index (κ3) is 5.22. The van der Waals surface area contributed by atoms with E-state index < -0.39 is 0 Å². The lowest BCUT2D eigenvalue weighted by Gasteiger charge is -2.23. The van der Waals surface area contributed by atoms with Crippen molar-refractivity contribution in [3.63, 3.8) is 0 Å². The number of thioether (sulfide) groups is 1. The van der Waals surface area contributed by atoms with Crippen LogP contribution in [0.15, 0.2) is 46.5 Å². The van der Waals surface area contributed by atoms with E-state index in [9.17, 15) is 0 Å². The molecule has 7 heteroatoms. The second-order valence-electron chi connectivity index (χ2n) is 7.37. The lowest BCUT2D eigenvalue weighted by Crippen LogP contribution is -2.41. The number of nitrogens with zero attached hydrogens (tertiary/aromatic N) is 4. The number of aliphatic imine (C=N–C) groups is 1. The van der Waals surface area contributed by atoms with Gasteiger partial charge in [0.15, 0.2) is 5.96 Å². The van der Waals surface area contributed by atoms with E-state index >= 15 is 0 Å². The molecule has 2 unspecified atom stereocenters. The SMILES string of the molecule is CN=C(NCC(C)CSc1ccccc1OC)N1CCC(c2cnn(C)c2)C1. The summed E-state index contributed by atoms with van der Waals surface area (Å²) in [5, 5.41) is 7.87. The zero-order valence-corrected chi connectivity index (χ0v) is 18.1. The maximum absolute atomic E-state index is 5.44. The van der Waals surface area contributed by atoms with Gasteiger partial charge in [0.25, 0.3) is 0 Å². The number of likely N-dealkylation sites (tertiary alicyclic amines) is 1. The molecule has 0 bridgehead atoms. The van der Waals surface area contributed by atoms with Gasteiger partial charge in [-0.1, -0.05) is 19.1 Å². The van der Waals surface area contributed by atoms with Crippen LogP contribution < -0.4 is 10.1 Å². The van der Waals surface area contributed by atoms with E-state index in [0.717, 1.165) is 43.5 Å². The number of rotatable bonds is 7. The Kier molecular flexibility index (Phi) is 7.25. The lowest BCUT2D eigenvalue weighted by molar-refractivity contribution is 0.404. The molecule has 152 valence electrons. The Morgan fingerprint density at radius 2 is 2.25 bits per heavy atom. The summed E-state index contributed by atoms with van der Waals surface area (Å²) in [5.41, 5.74) is 1.32. The van der Waals surface area contributed by atoms with Gasteiger partial charge in [0, 0.05) is 56.5 Å². The molecule has 0 aliphatic carbocycles. The van der Waals surface area contributed by atoms with Gasteiger partial charge < -0.3 is 15.0 Å². The van der Waals surface area contributed by atoms with E-state index in [1.54, 1.807) is 7.11 Å². The van der Waals surface area contributed by atoms with Crippen molar-refractivity contribution in [3.05, 3.63) is 42.2 Å².